The molecule has 4 rings (SSSR count). The lowest BCUT2D eigenvalue weighted by molar-refractivity contribution is -0.163. The van der Waals surface area contributed by atoms with Crippen molar-refractivity contribution in [3.63, 3.8) is 0 Å². The van der Waals surface area contributed by atoms with Gasteiger partial charge in [-0.05, 0) is 80.6 Å². The molecule has 0 amide bonds. The van der Waals surface area contributed by atoms with E-state index in [1.54, 1.807) is 6.92 Å². The molecule has 0 bridgehead atoms. The van der Waals surface area contributed by atoms with Gasteiger partial charge in [0.1, 0.15) is 5.60 Å². The topological polar surface area (TPSA) is 54.4 Å². The average Bonchev–Trinajstić information content (AvgIpc) is 2.81. The molecule has 3 saturated carbocycles. The third-order valence-corrected chi connectivity index (χ3v) is 8.77. The van der Waals surface area contributed by atoms with Gasteiger partial charge >= 0.3 is 0 Å². The molecule has 3 nitrogen and oxygen atoms in total. The molecule has 4 aliphatic carbocycles. The van der Waals surface area contributed by atoms with Gasteiger partial charge in [-0.2, -0.15) is 0 Å². The van der Waals surface area contributed by atoms with Gasteiger partial charge in [0.05, 0.1) is 0 Å². The molecular weight excluding hydrogens is 300 g/mol. The maximum Gasteiger partial charge on any atom is 0.161 e. The first kappa shape index (κ1) is 16.5. The van der Waals surface area contributed by atoms with E-state index in [0.29, 0.717) is 36.5 Å². The van der Waals surface area contributed by atoms with Gasteiger partial charge in [0, 0.05) is 11.8 Å². The largest absolute Gasteiger partial charge is 0.382 e. The molecule has 0 aliphatic heterocycles. The molecule has 0 aromatic heterocycles. The van der Waals surface area contributed by atoms with Crippen molar-refractivity contribution in [2.45, 2.75) is 71.3 Å². The molecule has 0 aromatic rings. The number of fused-ring (bicyclic) bond motifs is 5. The standard InChI is InChI=1S/C21H30O3/c1-13(22)21(24)11-8-18-16-5-4-14-12-15(23)6-9-19(14,2)17(16)7-10-20(18,21)3/h6,9,14,16-18,24H,4-5,7-8,10-12H2,1-3H3/t14?,16?,17?,18?,19-,20-,21-/m0/s1. The number of rotatable bonds is 1. The van der Waals surface area contributed by atoms with Crippen LogP contribution in [0.5, 0.6) is 0 Å². The maximum absolute atomic E-state index is 12.2. The van der Waals surface area contributed by atoms with Crippen molar-refractivity contribution in [2.24, 2.45) is 34.5 Å². The average molecular weight is 330 g/mol. The molecule has 0 saturated heterocycles. The zero-order valence-electron chi connectivity index (χ0n) is 15.2. The van der Waals surface area contributed by atoms with E-state index in [-0.39, 0.29) is 22.4 Å². The third-order valence-electron chi connectivity index (χ3n) is 8.77. The number of allylic oxidation sites excluding steroid dienone is 2. The second-order valence-corrected chi connectivity index (χ2v) is 9.43. The molecule has 132 valence electrons. The van der Waals surface area contributed by atoms with Crippen LogP contribution in [0.1, 0.15) is 65.7 Å². The summed E-state index contributed by atoms with van der Waals surface area (Å²) in [6.07, 6.45) is 10.6. The number of hydrogen-bond donors (Lipinski definition) is 1. The number of carbonyl (C=O) groups is 2. The molecule has 0 radical (unpaired) electrons. The van der Waals surface area contributed by atoms with E-state index in [4.69, 9.17) is 0 Å². The van der Waals surface area contributed by atoms with Crippen LogP contribution >= 0.6 is 0 Å². The van der Waals surface area contributed by atoms with E-state index in [1.807, 2.05) is 6.08 Å². The highest BCUT2D eigenvalue weighted by Gasteiger charge is 2.65. The van der Waals surface area contributed by atoms with E-state index in [0.717, 1.165) is 32.1 Å². The fraction of sp³-hybridized carbons (Fsp3) is 0.810. The molecular formula is C21H30O3. The van der Waals surface area contributed by atoms with Crippen LogP contribution in [-0.4, -0.2) is 22.3 Å². The monoisotopic (exact) mass is 330 g/mol. The fourth-order valence-corrected chi connectivity index (χ4v) is 7.23. The van der Waals surface area contributed by atoms with Gasteiger partial charge in [0.15, 0.2) is 11.6 Å². The first-order valence-corrected chi connectivity index (χ1v) is 9.68. The Kier molecular flexibility index (Phi) is 3.46. The number of Topliss-reactive ketones (excluding diaryl/α,β-unsaturated/α-hetero) is 1. The minimum absolute atomic E-state index is 0.0472. The highest BCUT2D eigenvalue weighted by Crippen LogP contribution is 2.67. The van der Waals surface area contributed by atoms with Crippen LogP contribution in [0.4, 0.5) is 0 Å². The molecule has 3 fully saturated rings. The predicted octanol–water partition coefficient (Wildman–Crippen LogP) is 3.69. The van der Waals surface area contributed by atoms with Crippen molar-refractivity contribution >= 4 is 11.6 Å². The summed E-state index contributed by atoms with van der Waals surface area (Å²) >= 11 is 0. The smallest absolute Gasteiger partial charge is 0.161 e. The SMILES string of the molecule is CC(=O)[C@@]1(O)CCC2C3CCC4CC(=O)C=C[C@]4(C)C3CC[C@@]21C. The summed E-state index contributed by atoms with van der Waals surface area (Å²) in [4.78, 5) is 24.1. The van der Waals surface area contributed by atoms with Gasteiger partial charge in [-0.25, -0.2) is 0 Å². The Morgan fingerprint density at radius 2 is 1.83 bits per heavy atom. The second kappa shape index (κ2) is 5.03. The van der Waals surface area contributed by atoms with Crippen molar-refractivity contribution in [1.29, 1.82) is 0 Å². The number of carbonyl (C=O) groups excluding carboxylic acids is 2. The van der Waals surface area contributed by atoms with E-state index < -0.39 is 5.60 Å². The lowest BCUT2D eigenvalue weighted by atomic mass is 9.45. The normalized spacial score (nSPS) is 53.2. The van der Waals surface area contributed by atoms with Gasteiger partial charge in [-0.15, -0.1) is 0 Å². The van der Waals surface area contributed by atoms with Crippen molar-refractivity contribution in [3.8, 4) is 0 Å². The van der Waals surface area contributed by atoms with Crippen molar-refractivity contribution in [1.82, 2.24) is 0 Å². The summed E-state index contributed by atoms with van der Waals surface area (Å²) in [6.45, 7) is 6.08. The quantitative estimate of drug-likeness (QED) is 0.797. The minimum atomic E-state index is -1.13. The van der Waals surface area contributed by atoms with Gasteiger partial charge in [0.25, 0.3) is 0 Å². The minimum Gasteiger partial charge on any atom is -0.382 e. The van der Waals surface area contributed by atoms with E-state index in [1.165, 1.54) is 0 Å². The number of hydrogen-bond acceptors (Lipinski definition) is 3. The van der Waals surface area contributed by atoms with Crippen LogP contribution in [0.25, 0.3) is 0 Å². The molecule has 1 N–H and O–H groups in total. The van der Waals surface area contributed by atoms with Crippen LogP contribution in [0.3, 0.4) is 0 Å². The number of ketones is 2. The van der Waals surface area contributed by atoms with Crippen molar-refractivity contribution in [3.05, 3.63) is 12.2 Å². The van der Waals surface area contributed by atoms with E-state index >= 15 is 0 Å². The molecule has 24 heavy (non-hydrogen) atoms. The highest BCUT2D eigenvalue weighted by molar-refractivity contribution is 5.91. The molecule has 3 heteroatoms. The molecule has 4 aliphatic rings. The van der Waals surface area contributed by atoms with Gasteiger partial charge in [-0.3, -0.25) is 9.59 Å². The van der Waals surface area contributed by atoms with E-state index in [9.17, 15) is 14.7 Å². The van der Waals surface area contributed by atoms with Crippen LogP contribution < -0.4 is 0 Å². The molecule has 0 aromatic carbocycles. The summed E-state index contributed by atoms with van der Waals surface area (Å²) in [5.41, 5.74) is -1.27. The molecule has 0 spiro atoms. The van der Waals surface area contributed by atoms with Crippen LogP contribution in [-0.2, 0) is 9.59 Å². The van der Waals surface area contributed by atoms with Crippen molar-refractivity contribution in [2.75, 3.05) is 0 Å². The van der Waals surface area contributed by atoms with E-state index in [2.05, 4.69) is 19.9 Å². The lowest BCUT2D eigenvalue weighted by Gasteiger charge is -2.59. The Labute approximate surface area is 144 Å². The first-order valence-electron chi connectivity index (χ1n) is 9.68. The number of aliphatic hydroxyl groups is 1. The van der Waals surface area contributed by atoms with Crippen LogP contribution in [0, 0.1) is 34.5 Å². The third kappa shape index (κ3) is 1.88. The highest BCUT2D eigenvalue weighted by atomic mass is 16.3. The Morgan fingerprint density at radius 1 is 1.12 bits per heavy atom. The van der Waals surface area contributed by atoms with Gasteiger partial charge in [-0.1, -0.05) is 19.9 Å². The van der Waals surface area contributed by atoms with Crippen LogP contribution in [0.2, 0.25) is 0 Å². The van der Waals surface area contributed by atoms with Crippen LogP contribution in [0.15, 0.2) is 12.2 Å². The lowest BCUT2D eigenvalue weighted by Crippen LogP contribution is -2.57. The Balaban J connectivity index is 1.69. The second-order valence-electron chi connectivity index (χ2n) is 9.43. The zero-order chi connectivity index (χ0) is 17.3. The Morgan fingerprint density at radius 3 is 2.54 bits per heavy atom. The Hall–Kier alpha value is -0.960. The summed E-state index contributed by atoms with van der Waals surface area (Å²) in [5.74, 6) is 2.32. The summed E-state index contributed by atoms with van der Waals surface area (Å²) in [6, 6.07) is 0. The summed E-state index contributed by atoms with van der Waals surface area (Å²) in [5, 5.41) is 11.1. The predicted molar refractivity (Wildman–Crippen MR) is 92.3 cm³/mol. The first-order chi connectivity index (χ1) is 11.2. The van der Waals surface area contributed by atoms with Gasteiger partial charge < -0.3 is 5.11 Å². The Bertz CT molecular complexity index is 623. The summed E-state index contributed by atoms with van der Waals surface area (Å²) < 4.78 is 0. The zero-order valence-corrected chi connectivity index (χ0v) is 15.2. The maximum atomic E-state index is 12.2. The molecule has 0 heterocycles. The molecule has 7 atom stereocenters. The fourth-order valence-electron chi connectivity index (χ4n) is 7.23. The summed E-state index contributed by atoms with van der Waals surface area (Å²) in [7, 11) is 0. The molecule has 4 unspecified atom stereocenters. The van der Waals surface area contributed by atoms with Crippen molar-refractivity contribution < 1.29 is 14.7 Å². The van der Waals surface area contributed by atoms with Gasteiger partial charge in [0.2, 0.25) is 0 Å².